The van der Waals surface area contributed by atoms with Crippen LogP contribution < -0.4 is 11.3 Å². The molecule has 1 aromatic rings. The molecule has 1 aromatic heterocycles. The Labute approximate surface area is 80.2 Å². The van der Waals surface area contributed by atoms with Gasteiger partial charge in [0.1, 0.15) is 5.82 Å². The molecule has 2 rings (SSSR count). The molecule has 0 saturated carbocycles. The van der Waals surface area contributed by atoms with Crippen molar-refractivity contribution >= 4 is 17.6 Å². The predicted molar refractivity (Wildman–Crippen MR) is 53.0 cm³/mol. The minimum atomic E-state index is -0.166. The van der Waals surface area contributed by atoms with E-state index in [2.05, 4.69) is 4.98 Å². The van der Waals surface area contributed by atoms with Gasteiger partial charge in [-0.3, -0.25) is 4.79 Å². The van der Waals surface area contributed by atoms with Crippen molar-refractivity contribution in [3.8, 4) is 0 Å². The Morgan fingerprint density at radius 3 is 3.15 bits per heavy atom. The number of fused-ring (bicyclic) bond motifs is 1. The van der Waals surface area contributed by atoms with Crippen LogP contribution in [0.2, 0.25) is 0 Å². The minimum absolute atomic E-state index is 0.166. The molecule has 2 N–H and O–H groups in total. The number of hydrogen-bond donors (Lipinski definition) is 1. The summed E-state index contributed by atoms with van der Waals surface area (Å²) in [6.07, 6.45) is 0.655. The maximum absolute atomic E-state index is 11.4. The van der Waals surface area contributed by atoms with E-state index in [1.54, 1.807) is 11.8 Å². The normalized spacial score (nSPS) is 14.5. The first-order valence-corrected chi connectivity index (χ1v) is 5.24. The van der Waals surface area contributed by atoms with E-state index in [-0.39, 0.29) is 5.56 Å². The Balaban J connectivity index is 2.69. The fraction of sp³-hybridized carbons (Fsp3) is 0.500. The number of hydrogen-bond acceptors (Lipinski definition) is 4. The molecule has 0 spiro atoms. The number of rotatable bonds is 1. The molecule has 0 unspecified atom stereocenters. The van der Waals surface area contributed by atoms with Crippen LogP contribution in [-0.2, 0) is 13.0 Å². The zero-order chi connectivity index (χ0) is 9.42. The number of nitrogen functional groups attached to an aromatic ring is 1. The molecule has 0 bridgehead atoms. The molecular weight excluding hydrogens is 186 g/mol. The summed E-state index contributed by atoms with van der Waals surface area (Å²) < 4.78 is 1.92. The fourth-order valence-electron chi connectivity index (χ4n) is 1.48. The highest BCUT2D eigenvalue weighted by Gasteiger charge is 2.17. The Bertz CT molecular complexity index is 399. The van der Waals surface area contributed by atoms with Gasteiger partial charge in [0.05, 0.1) is 5.56 Å². The number of thioether (sulfide) groups is 1. The molecule has 13 heavy (non-hydrogen) atoms. The quantitative estimate of drug-likeness (QED) is 0.666. The first kappa shape index (κ1) is 8.62. The second-order valence-corrected chi connectivity index (χ2v) is 3.98. The lowest BCUT2D eigenvalue weighted by molar-refractivity contribution is 0.677. The Hall–Kier alpha value is -0.970. The van der Waals surface area contributed by atoms with E-state index in [9.17, 15) is 4.79 Å². The summed E-state index contributed by atoms with van der Waals surface area (Å²) in [4.78, 5) is 15.4. The molecule has 0 aliphatic carbocycles. The van der Waals surface area contributed by atoms with Gasteiger partial charge in [-0.15, -0.1) is 0 Å². The topological polar surface area (TPSA) is 60.9 Å². The van der Waals surface area contributed by atoms with Gasteiger partial charge in [-0.1, -0.05) is 18.7 Å². The van der Waals surface area contributed by atoms with Crippen LogP contribution in [0.15, 0.2) is 9.95 Å². The minimum Gasteiger partial charge on any atom is -0.385 e. The molecule has 0 aromatic carbocycles. The van der Waals surface area contributed by atoms with E-state index < -0.39 is 0 Å². The third kappa shape index (κ3) is 1.23. The van der Waals surface area contributed by atoms with Crippen molar-refractivity contribution in [3.63, 3.8) is 0 Å². The largest absolute Gasteiger partial charge is 0.385 e. The molecule has 1 aliphatic heterocycles. The fourth-order valence-corrected chi connectivity index (χ4v) is 2.43. The van der Waals surface area contributed by atoms with Crippen LogP contribution in [-0.4, -0.2) is 15.3 Å². The van der Waals surface area contributed by atoms with Crippen LogP contribution in [0.5, 0.6) is 0 Å². The van der Waals surface area contributed by atoms with Gasteiger partial charge < -0.3 is 10.3 Å². The van der Waals surface area contributed by atoms with Crippen LogP contribution >= 0.6 is 11.8 Å². The zero-order valence-corrected chi connectivity index (χ0v) is 8.23. The highest BCUT2D eigenvalue weighted by Crippen LogP contribution is 2.25. The molecule has 0 fully saturated rings. The third-order valence-corrected chi connectivity index (χ3v) is 3.14. The molecule has 0 amide bonds. The van der Waals surface area contributed by atoms with E-state index in [4.69, 9.17) is 5.73 Å². The van der Waals surface area contributed by atoms with Gasteiger partial charge in [0, 0.05) is 12.3 Å². The molecule has 0 atom stereocenters. The maximum Gasteiger partial charge on any atom is 0.278 e. The summed E-state index contributed by atoms with van der Waals surface area (Å²) in [5, 5.41) is 0.764. The van der Waals surface area contributed by atoms with Gasteiger partial charge in [0.25, 0.3) is 5.56 Å². The summed E-state index contributed by atoms with van der Waals surface area (Å²) in [5.41, 5.74) is 6.33. The third-order valence-electron chi connectivity index (χ3n) is 2.19. The second kappa shape index (κ2) is 3.06. The van der Waals surface area contributed by atoms with Gasteiger partial charge in [0.15, 0.2) is 5.16 Å². The van der Waals surface area contributed by atoms with E-state index in [1.165, 1.54) is 0 Å². The van der Waals surface area contributed by atoms with Crippen LogP contribution in [0.3, 0.4) is 0 Å². The van der Waals surface area contributed by atoms with Crippen LogP contribution in [0.1, 0.15) is 12.5 Å². The molecule has 1 aliphatic rings. The smallest absolute Gasteiger partial charge is 0.278 e. The first-order valence-electron chi connectivity index (χ1n) is 4.26. The zero-order valence-electron chi connectivity index (χ0n) is 7.41. The van der Waals surface area contributed by atoms with Crippen molar-refractivity contribution in [2.75, 3.05) is 11.5 Å². The molecule has 0 radical (unpaired) electrons. The van der Waals surface area contributed by atoms with E-state index in [0.29, 0.717) is 17.8 Å². The number of anilines is 1. The van der Waals surface area contributed by atoms with E-state index in [0.717, 1.165) is 17.5 Å². The lowest BCUT2D eigenvalue weighted by Crippen LogP contribution is -2.21. The first-order chi connectivity index (χ1) is 6.24. The molecular formula is C8H11N3OS. The van der Waals surface area contributed by atoms with Crippen LogP contribution in [0.4, 0.5) is 5.82 Å². The summed E-state index contributed by atoms with van der Waals surface area (Å²) in [5.74, 6) is 1.56. The average molecular weight is 197 g/mol. The van der Waals surface area contributed by atoms with Crippen molar-refractivity contribution < 1.29 is 0 Å². The summed E-state index contributed by atoms with van der Waals surface area (Å²) in [7, 11) is 0. The van der Waals surface area contributed by atoms with Gasteiger partial charge in [-0.05, 0) is 6.42 Å². The molecule has 0 saturated heterocycles. The monoisotopic (exact) mass is 197 g/mol. The Morgan fingerprint density at radius 1 is 1.69 bits per heavy atom. The van der Waals surface area contributed by atoms with Crippen molar-refractivity contribution in [2.24, 2.45) is 0 Å². The highest BCUT2D eigenvalue weighted by molar-refractivity contribution is 7.99. The molecule has 70 valence electrons. The SMILES string of the molecule is CCc1c(N)n2c(nc1=O)SCC2. The van der Waals surface area contributed by atoms with Gasteiger partial charge in [0.2, 0.25) is 0 Å². The number of aromatic nitrogens is 2. The highest BCUT2D eigenvalue weighted by atomic mass is 32.2. The summed E-state index contributed by atoms with van der Waals surface area (Å²) in [6, 6.07) is 0. The van der Waals surface area contributed by atoms with Gasteiger partial charge in [-0.2, -0.15) is 4.98 Å². The van der Waals surface area contributed by atoms with Crippen LogP contribution in [0.25, 0.3) is 0 Å². The van der Waals surface area contributed by atoms with Crippen molar-refractivity contribution in [1.29, 1.82) is 0 Å². The average Bonchev–Trinajstić information content (AvgIpc) is 2.53. The lowest BCUT2D eigenvalue weighted by atomic mass is 10.2. The lowest BCUT2D eigenvalue weighted by Gasteiger charge is -2.08. The standard InChI is InChI=1S/C8H11N3OS/c1-2-5-6(9)11-3-4-13-8(11)10-7(5)12/h2-4,9H2,1H3. The molecule has 5 heteroatoms. The van der Waals surface area contributed by atoms with Crippen molar-refractivity contribution in [2.45, 2.75) is 25.0 Å². The maximum atomic E-state index is 11.4. The predicted octanol–water partition coefficient (Wildman–Crippen LogP) is 0.494. The Kier molecular flexibility index (Phi) is 2.03. The van der Waals surface area contributed by atoms with Crippen LogP contribution in [0, 0.1) is 0 Å². The summed E-state index contributed by atoms with van der Waals surface area (Å²) in [6.45, 7) is 2.79. The second-order valence-electron chi connectivity index (χ2n) is 2.92. The molecule has 2 heterocycles. The summed E-state index contributed by atoms with van der Waals surface area (Å²) >= 11 is 1.59. The number of nitrogens with two attached hydrogens (primary N) is 1. The van der Waals surface area contributed by atoms with E-state index >= 15 is 0 Å². The van der Waals surface area contributed by atoms with Crippen molar-refractivity contribution in [1.82, 2.24) is 9.55 Å². The van der Waals surface area contributed by atoms with E-state index in [1.807, 2.05) is 11.5 Å². The Morgan fingerprint density at radius 2 is 2.46 bits per heavy atom. The van der Waals surface area contributed by atoms with Gasteiger partial charge in [-0.25, -0.2) is 0 Å². The molecule has 4 nitrogen and oxygen atoms in total. The van der Waals surface area contributed by atoms with Gasteiger partial charge >= 0.3 is 0 Å². The van der Waals surface area contributed by atoms with Crippen molar-refractivity contribution in [3.05, 3.63) is 15.9 Å². The number of nitrogens with zero attached hydrogens (tertiary/aromatic N) is 2.